The van der Waals surface area contributed by atoms with Crippen molar-refractivity contribution in [3.8, 4) is 0 Å². The quantitative estimate of drug-likeness (QED) is 0.495. The first-order valence-electron chi connectivity index (χ1n) is 3.57. The zero-order chi connectivity index (χ0) is 8.97. The molecule has 0 amide bonds. The van der Waals surface area contributed by atoms with Gasteiger partial charge in [-0.1, -0.05) is 24.3 Å². The van der Waals surface area contributed by atoms with E-state index in [1.54, 1.807) is 0 Å². The maximum absolute atomic E-state index is 10.0. The Bertz CT molecular complexity index is 318. The molecular weight excluding hydrogens is 154 g/mol. The molecule has 0 saturated heterocycles. The van der Waals surface area contributed by atoms with E-state index in [4.69, 9.17) is 0 Å². The molecule has 0 aromatic heterocycles. The van der Waals surface area contributed by atoms with Crippen LogP contribution in [-0.2, 0) is 0 Å². The zero-order valence-corrected chi connectivity index (χ0v) is 6.73. The summed E-state index contributed by atoms with van der Waals surface area (Å²) in [4.78, 5) is 9.54. The number of hydrogen-bond acceptors (Lipinski definition) is 2. The van der Waals surface area contributed by atoms with Gasteiger partial charge >= 0.3 is 0 Å². The van der Waals surface area contributed by atoms with Gasteiger partial charge < -0.3 is 0 Å². The summed E-state index contributed by atoms with van der Waals surface area (Å²) in [7, 11) is 0. The molecule has 0 fully saturated rings. The van der Waals surface area contributed by atoms with Gasteiger partial charge in [0.1, 0.15) is 0 Å². The average molecular weight is 163 g/mol. The summed E-state index contributed by atoms with van der Waals surface area (Å²) >= 11 is 0. The summed E-state index contributed by atoms with van der Waals surface area (Å²) in [6.45, 7) is 1.92. The Morgan fingerprint density at radius 2 is 2.08 bits per heavy atom. The lowest BCUT2D eigenvalue weighted by Gasteiger charge is -1.95. The normalized spacial score (nSPS) is 10.4. The highest BCUT2D eigenvalue weighted by Gasteiger charge is 1.92. The molecule has 1 aromatic rings. The highest BCUT2D eigenvalue weighted by molar-refractivity contribution is 5.52. The summed E-state index contributed by atoms with van der Waals surface area (Å²) in [5, 5.41) is 10.0. The number of nitrogens with zero attached hydrogens (tertiary/aromatic N) is 1. The van der Waals surface area contributed by atoms with E-state index in [2.05, 4.69) is 0 Å². The number of benzene rings is 1. The molecule has 0 bridgehead atoms. The van der Waals surface area contributed by atoms with Crippen molar-refractivity contribution in [2.75, 3.05) is 0 Å². The molecule has 0 aliphatic heterocycles. The van der Waals surface area contributed by atoms with Crippen molar-refractivity contribution in [2.24, 2.45) is 0 Å². The molecular formula is C9H9NO2. The second-order valence-corrected chi connectivity index (χ2v) is 2.46. The van der Waals surface area contributed by atoms with Crippen LogP contribution in [0.2, 0.25) is 0 Å². The lowest BCUT2D eigenvalue weighted by molar-refractivity contribution is -0.400. The Balaban J connectivity index is 2.89. The highest BCUT2D eigenvalue weighted by Crippen LogP contribution is 2.08. The maximum Gasteiger partial charge on any atom is 0.235 e. The van der Waals surface area contributed by atoms with Crippen LogP contribution in [0.15, 0.2) is 30.5 Å². The molecule has 0 radical (unpaired) electrons. The van der Waals surface area contributed by atoms with E-state index in [-0.39, 0.29) is 0 Å². The Labute approximate surface area is 70.5 Å². The van der Waals surface area contributed by atoms with Crippen LogP contribution >= 0.6 is 0 Å². The summed E-state index contributed by atoms with van der Waals surface area (Å²) < 4.78 is 0. The van der Waals surface area contributed by atoms with Gasteiger partial charge in [-0.3, -0.25) is 10.1 Å². The molecule has 0 spiro atoms. The molecule has 1 aromatic carbocycles. The first-order valence-corrected chi connectivity index (χ1v) is 3.57. The standard InChI is InChI=1S/C9H9NO2/c1-8-4-2-3-5-9(8)6-7-10(11)12/h2-7H,1H3/b7-6-. The van der Waals surface area contributed by atoms with Crippen molar-refractivity contribution >= 4 is 6.08 Å². The summed E-state index contributed by atoms with van der Waals surface area (Å²) in [5.41, 5.74) is 1.92. The number of rotatable bonds is 2. The SMILES string of the molecule is Cc1ccccc1/C=C\[N+](=O)[O-]. The van der Waals surface area contributed by atoms with Crippen molar-refractivity contribution in [2.45, 2.75) is 6.92 Å². The largest absolute Gasteiger partial charge is 0.259 e. The monoisotopic (exact) mass is 163 g/mol. The Hall–Kier alpha value is -1.64. The fourth-order valence-electron chi connectivity index (χ4n) is 0.915. The van der Waals surface area contributed by atoms with E-state index in [1.807, 2.05) is 31.2 Å². The fourth-order valence-corrected chi connectivity index (χ4v) is 0.915. The van der Waals surface area contributed by atoms with Gasteiger partial charge in [-0.05, 0) is 18.1 Å². The van der Waals surface area contributed by atoms with Crippen molar-refractivity contribution < 1.29 is 4.92 Å². The first kappa shape index (κ1) is 8.46. The molecule has 12 heavy (non-hydrogen) atoms. The lowest BCUT2D eigenvalue weighted by atomic mass is 10.1. The lowest BCUT2D eigenvalue weighted by Crippen LogP contribution is -1.84. The number of nitro groups is 1. The Morgan fingerprint density at radius 1 is 1.42 bits per heavy atom. The smallest absolute Gasteiger partial charge is 0.235 e. The minimum atomic E-state index is -0.466. The molecule has 0 aliphatic rings. The van der Waals surface area contributed by atoms with Crippen LogP contribution in [0.5, 0.6) is 0 Å². The van der Waals surface area contributed by atoms with Gasteiger partial charge in [-0.2, -0.15) is 0 Å². The van der Waals surface area contributed by atoms with E-state index in [0.717, 1.165) is 17.3 Å². The van der Waals surface area contributed by atoms with Gasteiger partial charge in [0.25, 0.3) is 0 Å². The predicted molar refractivity (Wildman–Crippen MR) is 47.2 cm³/mol. The molecule has 0 atom stereocenters. The summed E-state index contributed by atoms with van der Waals surface area (Å²) in [6.07, 6.45) is 2.44. The van der Waals surface area contributed by atoms with Crippen LogP contribution in [0, 0.1) is 17.0 Å². The molecule has 3 nitrogen and oxygen atoms in total. The molecule has 62 valence electrons. The maximum atomic E-state index is 10.0. The van der Waals surface area contributed by atoms with Crippen LogP contribution in [0.4, 0.5) is 0 Å². The van der Waals surface area contributed by atoms with E-state index in [0.29, 0.717) is 0 Å². The van der Waals surface area contributed by atoms with Gasteiger partial charge in [0, 0.05) is 6.08 Å². The third-order valence-corrected chi connectivity index (χ3v) is 1.56. The molecule has 1 rings (SSSR count). The summed E-state index contributed by atoms with van der Waals surface area (Å²) in [5.74, 6) is 0. The molecule has 0 saturated carbocycles. The topological polar surface area (TPSA) is 43.1 Å². The van der Waals surface area contributed by atoms with Gasteiger partial charge in [-0.25, -0.2) is 0 Å². The van der Waals surface area contributed by atoms with Crippen LogP contribution in [0.3, 0.4) is 0 Å². The van der Waals surface area contributed by atoms with E-state index >= 15 is 0 Å². The van der Waals surface area contributed by atoms with E-state index in [9.17, 15) is 10.1 Å². The first-order chi connectivity index (χ1) is 5.70. The van der Waals surface area contributed by atoms with Gasteiger partial charge in [0.15, 0.2) is 0 Å². The minimum absolute atomic E-state index is 0.466. The molecule has 3 heteroatoms. The molecule has 0 aliphatic carbocycles. The Kier molecular flexibility index (Phi) is 2.58. The number of aryl methyl sites for hydroxylation is 1. The minimum Gasteiger partial charge on any atom is -0.259 e. The van der Waals surface area contributed by atoms with E-state index in [1.165, 1.54) is 6.08 Å². The molecule has 0 N–H and O–H groups in total. The Morgan fingerprint density at radius 3 is 2.67 bits per heavy atom. The van der Waals surface area contributed by atoms with Crippen LogP contribution in [-0.4, -0.2) is 4.92 Å². The zero-order valence-electron chi connectivity index (χ0n) is 6.73. The molecule has 0 heterocycles. The van der Waals surface area contributed by atoms with Crippen LogP contribution in [0.1, 0.15) is 11.1 Å². The third kappa shape index (κ3) is 2.20. The molecule has 0 unspecified atom stereocenters. The third-order valence-electron chi connectivity index (χ3n) is 1.56. The predicted octanol–water partition coefficient (Wildman–Crippen LogP) is 2.24. The highest BCUT2D eigenvalue weighted by atomic mass is 16.6. The van der Waals surface area contributed by atoms with Crippen molar-refractivity contribution in [1.82, 2.24) is 0 Å². The van der Waals surface area contributed by atoms with Crippen LogP contribution < -0.4 is 0 Å². The summed E-state index contributed by atoms with van der Waals surface area (Å²) in [6, 6.07) is 7.51. The van der Waals surface area contributed by atoms with Crippen LogP contribution in [0.25, 0.3) is 6.08 Å². The fraction of sp³-hybridized carbons (Fsp3) is 0.111. The van der Waals surface area contributed by atoms with Crippen molar-refractivity contribution in [1.29, 1.82) is 0 Å². The second-order valence-electron chi connectivity index (χ2n) is 2.46. The average Bonchev–Trinajstić information content (AvgIpc) is 2.03. The van der Waals surface area contributed by atoms with Gasteiger partial charge in [0.05, 0.1) is 4.92 Å². The van der Waals surface area contributed by atoms with Crippen molar-refractivity contribution in [3.05, 3.63) is 51.7 Å². The van der Waals surface area contributed by atoms with Gasteiger partial charge in [-0.15, -0.1) is 0 Å². The number of hydrogen-bond donors (Lipinski definition) is 0. The second kappa shape index (κ2) is 3.67. The van der Waals surface area contributed by atoms with Crippen molar-refractivity contribution in [3.63, 3.8) is 0 Å². The van der Waals surface area contributed by atoms with E-state index < -0.39 is 4.92 Å². The van der Waals surface area contributed by atoms with Gasteiger partial charge in [0.2, 0.25) is 6.20 Å².